The number of aryl methyl sites for hydroxylation is 1. The summed E-state index contributed by atoms with van der Waals surface area (Å²) in [5, 5.41) is 2.71. The van der Waals surface area contributed by atoms with Gasteiger partial charge in [-0.3, -0.25) is 4.79 Å². The molecule has 0 fully saturated rings. The van der Waals surface area contributed by atoms with Gasteiger partial charge in [0.15, 0.2) is 0 Å². The minimum absolute atomic E-state index is 0.0430. The Bertz CT molecular complexity index is 373. The van der Waals surface area contributed by atoms with E-state index < -0.39 is 5.82 Å². The maximum absolute atomic E-state index is 13.1. The number of nitrogens with two attached hydrogens (primary N) is 1. The molecule has 1 atom stereocenters. The van der Waals surface area contributed by atoms with Gasteiger partial charge in [-0.25, -0.2) is 4.39 Å². The first-order chi connectivity index (χ1) is 8.02. The number of benzene rings is 1. The Morgan fingerprint density at radius 2 is 2.18 bits per heavy atom. The van der Waals surface area contributed by atoms with E-state index in [2.05, 4.69) is 5.32 Å². The Morgan fingerprint density at radius 1 is 1.47 bits per heavy atom. The largest absolute Gasteiger partial charge is 0.350 e. The maximum atomic E-state index is 13.1. The second-order valence-electron chi connectivity index (χ2n) is 4.28. The van der Waals surface area contributed by atoms with E-state index in [0.29, 0.717) is 12.1 Å². The standard InChI is InChI=1S/C13H19FN2O/c1-3-4-12(15)8-16-13(17)10-5-9(2)6-11(14)7-10/h5-7,12H,3-4,8,15H2,1-2H3,(H,16,17). The summed E-state index contributed by atoms with van der Waals surface area (Å²) < 4.78 is 13.1. The van der Waals surface area contributed by atoms with Crippen molar-refractivity contribution in [1.82, 2.24) is 5.32 Å². The first-order valence-corrected chi connectivity index (χ1v) is 5.84. The lowest BCUT2D eigenvalue weighted by atomic mass is 10.1. The predicted molar refractivity (Wildman–Crippen MR) is 66.4 cm³/mol. The number of hydrogen-bond donors (Lipinski definition) is 2. The highest BCUT2D eigenvalue weighted by Gasteiger charge is 2.09. The Labute approximate surface area is 101 Å². The van der Waals surface area contributed by atoms with Crippen LogP contribution >= 0.6 is 0 Å². The van der Waals surface area contributed by atoms with E-state index in [1.165, 1.54) is 12.1 Å². The van der Waals surface area contributed by atoms with Crippen LogP contribution in [0.25, 0.3) is 0 Å². The Kier molecular flexibility index (Phi) is 5.10. The molecule has 1 unspecified atom stereocenters. The molecule has 0 aliphatic carbocycles. The zero-order valence-corrected chi connectivity index (χ0v) is 10.3. The topological polar surface area (TPSA) is 55.1 Å². The molecule has 17 heavy (non-hydrogen) atoms. The van der Waals surface area contributed by atoms with Gasteiger partial charge in [-0.15, -0.1) is 0 Å². The van der Waals surface area contributed by atoms with Crippen LogP contribution in [0.15, 0.2) is 18.2 Å². The number of nitrogens with one attached hydrogen (secondary N) is 1. The summed E-state index contributed by atoms with van der Waals surface area (Å²) in [5.74, 6) is -0.674. The van der Waals surface area contributed by atoms with Crippen molar-refractivity contribution in [3.63, 3.8) is 0 Å². The molecule has 4 heteroatoms. The fraction of sp³-hybridized carbons (Fsp3) is 0.462. The average Bonchev–Trinajstić information content (AvgIpc) is 2.25. The third-order valence-electron chi connectivity index (χ3n) is 2.49. The van der Waals surface area contributed by atoms with Crippen LogP contribution in [0.4, 0.5) is 4.39 Å². The van der Waals surface area contributed by atoms with Crippen molar-refractivity contribution >= 4 is 5.91 Å². The van der Waals surface area contributed by atoms with E-state index in [0.717, 1.165) is 18.4 Å². The van der Waals surface area contributed by atoms with Crippen molar-refractivity contribution in [1.29, 1.82) is 0 Å². The van der Waals surface area contributed by atoms with Gasteiger partial charge in [0, 0.05) is 18.2 Å². The Balaban J connectivity index is 2.58. The Morgan fingerprint density at radius 3 is 2.76 bits per heavy atom. The van der Waals surface area contributed by atoms with Crippen molar-refractivity contribution in [2.75, 3.05) is 6.54 Å². The van der Waals surface area contributed by atoms with Gasteiger partial charge in [0.2, 0.25) is 0 Å². The number of carbonyl (C=O) groups is 1. The highest BCUT2D eigenvalue weighted by Crippen LogP contribution is 2.08. The van der Waals surface area contributed by atoms with Crippen molar-refractivity contribution in [2.45, 2.75) is 32.7 Å². The second kappa shape index (κ2) is 6.35. The molecule has 0 saturated carbocycles. The SMILES string of the molecule is CCCC(N)CNC(=O)c1cc(C)cc(F)c1. The highest BCUT2D eigenvalue weighted by atomic mass is 19.1. The van der Waals surface area contributed by atoms with Crippen LogP contribution in [-0.2, 0) is 0 Å². The number of carbonyl (C=O) groups excluding carboxylic acids is 1. The lowest BCUT2D eigenvalue weighted by molar-refractivity contribution is 0.0950. The molecule has 1 rings (SSSR count). The van der Waals surface area contributed by atoms with Gasteiger partial charge in [-0.2, -0.15) is 0 Å². The van der Waals surface area contributed by atoms with Gasteiger partial charge in [-0.05, 0) is 37.1 Å². The molecule has 1 amide bonds. The lowest BCUT2D eigenvalue weighted by Crippen LogP contribution is -2.37. The van der Waals surface area contributed by atoms with Gasteiger partial charge in [0.1, 0.15) is 5.82 Å². The first-order valence-electron chi connectivity index (χ1n) is 5.84. The summed E-state index contributed by atoms with van der Waals surface area (Å²) in [4.78, 5) is 11.7. The molecule has 1 aromatic rings. The van der Waals surface area contributed by atoms with Crippen molar-refractivity contribution in [3.8, 4) is 0 Å². The number of halogens is 1. The lowest BCUT2D eigenvalue weighted by Gasteiger charge is -2.11. The van der Waals surface area contributed by atoms with Crippen LogP contribution in [0.5, 0.6) is 0 Å². The Hall–Kier alpha value is -1.42. The smallest absolute Gasteiger partial charge is 0.251 e. The third kappa shape index (κ3) is 4.53. The molecule has 94 valence electrons. The molecule has 0 radical (unpaired) electrons. The van der Waals surface area contributed by atoms with Crippen LogP contribution < -0.4 is 11.1 Å². The second-order valence-corrected chi connectivity index (χ2v) is 4.28. The zero-order chi connectivity index (χ0) is 12.8. The molecule has 3 nitrogen and oxygen atoms in total. The van der Waals surface area contributed by atoms with Gasteiger partial charge >= 0.3 is 0 Å². The average molecular weight is 238 g/mol. The highest BCUT2D eigenvalue weighted by molar-refractivity contribution is 5.94. The monoisotopic (exact) mass is 238 g/mol. The first kappa shape index (κ1) is 13.6. The molecule has 0 heterocycles. The van der Waals surface area contributed by atoms with Crippen molar-refractivity contribution < 1.29 is 9.18 Å². The predicted octanol–water partition coefficient (Wildman–Crippen LogP) is 1.99. The molecule has 0 aliphatic rings. The minimum Gasteiger partial charge on any atom is -0.350 e. The molecule has 3 N–H and O–H groups in total. The fourth-order valence-electron chi connectivity index (χ4n) is 1.67. The summed E-state index contributed by atoms with van der Waals surface area (Å²) in [7, 11) is 0. The van der Waals surface area contributed by atoms with Gasteiger partial charge in [0.25, 0.3) is 5.91 Å². The number of amides is 1. The summed E-state index contributed by atoms with van der Waals surface area (Å²) in [5.41, 5.74) is 6.85. The van der Waals surface area contributed by atoms with Gasteiger partial charge in [0.05, 0.1) is 0 Å². The van der Waals surface area contributed by atoms with Crippen LogP contribution in [0.1, 0.15) is 35.7 Å². The van der Waals surface area contributed by atoms with Gasteiger partial charge in [-0.1, -0.05) is 13.3 Å². The van der Waals surface area contributed by atoms with E-state index in [1.54, 1.807) is 13.0 Å². The fourth-order valence-corrected chi connectivity index (χ4v) is 1.67. The van der Waals surface area contributed by atoms with Crippen molar-refractivity contribution in [2.24, 2.45) is 5.73 Å². The summed E-state index contributed by atoms with van der Waals surface area (Å²) in [6.45, 7) is 4.21. The van der Waals surface area contributed by atoms with E-state index >= 15 is 0 Å². The summed E-state index contributed by atoms with van der Waals surface area (Å²) in [6, 6.07) is 4.23. The van der Waals surface area contributed by atoms with E-state index in [4.69, 9.17) is 5.73 Å². The van der Waals surface area contributed by atoms with Gasteiger partial charge < -0.3 is 11.1 Å². The van der Waals surface area contributed by atoms with Crippen LogP contribution in [0.3, 0.4) is 0 Å². The molecule has 0 aliphatic heterocycles. The van der Waals surface area contributed by atoms with E-state index in [-0.39, 0.29) is 11.9 Å². The molecule has 0 saturated heterocycles. The normalized spacial score (nSPS) is 12.2. The van der Waals surface area contributed by atoms with Crippen LogP contribution in [-0.4, -0.2) is 18.5 Å². The third-order valence-corrected chi connectivity index (χ3v) is 2.49. The zero-order valence-electron chi connectivity index (χ0n) is 10.3. The van der Waals surface area contributed by atoms with E-state index in [1.807, 2.05) is 6.92 Å². The summed E-state index contributed by atoms with van der Waals surface area (Å²) >= 11 is 0. The quantitative estimate of drug-likeness (QED) is 0.824. The molecule has 0 bridgehead atoms. The molecule has 0 spiro atoms. The van der Waals surface area contributed by atoms with Crippen LogP contribution in [0.2, 0.25) is 0 Å². The minimum atomic E-state index is -0.395. The summed E-state index contributed by atoms with van der Waals surface area (Å²) in [6.07, 6.45) is 1.85. The van der Waals surface area contributed by atoms with Crippen LogP contribution in [0, 0.1) is 12.7 Å². The molecule has 0 aromatic heterocycles. The van der Waals surface area contributed by atoms with Crippen molar-refractivity contribution in [3.05, 3.63) is 35.1 Å². The number of hydrogen-bond acceptors (Lipinski definition) is 2. The molecular formula is C13H19FN2O. The molecule has 1 aromatic carbocycles. The maximum Gasteiger partial charge on any atom is 0.251 e. The van der Waals surface area contributed by atoms with E-state index in [9.17, 15) is 9.18 Å². The molecular weight excluding hydrogens is 219 g/mol. The number of rotatable bonds is 5.